The van der Waals surface area contributed by atoms with Crippen LogP contribution in [-0.2, 0) is 18.4 Å². The standard InChI is InChI=1S/C65H115N2O6P/c1-6-8-10-12-14-16-18-20-21-22-23-24-25-26-27-28-29-30-31-32-33-34-35-36-37-38-39-40-41-42-43-44-45-47-49-51-53-55-57-59-65(69)66-63(62-73-74(70,71)72-61-60-67(3,4)5)64(68)58-56-54-52-50-48-46-19-17-15-13-11-9-7-2/h8,10,14,16,20-21,23-24,26-27,29-30,32-33,35-36,56,58,63-64,68H,6-7,9,11-13,15,17-19,22,25,28,31,34,37-55,57,59-62H2,1-5H3,(H-,66,69,70,71)/b10-8-,16-14-,21-20-,24-23-,27-26-,30-29-,33-32-,36-35-,58-56+. The minimum atomic E-state index is -4.60. The Balaban J connectivity index is 4.03. The maximum absolute atomic E-state index is 13.0. The monoisotopic (exact) mass is 1050 g/mol. The van der Waals surface area contributed by atoms with Gasteiger partial charge >= 0.3 is 0 Å². The number of hydrogen-bond donors (Lipinski definition) is 2. The molecule has 0 saturated carbocycles. The molecule has 0 heterocycles. The number of phosphoric ester groups is 1. The van der Waals surface area contributed by atoms with Gasteiger partial charge in [0.1, 0.15) is 13.2 Å². The summed E-state index contributed by atoms with van der Waals surface area (Å²) in [6, 6.07) is -0.891. The van der Waals surface area contributed by atoms with Crippen LogP contribution in [0, 0.1) is 0 Å². The Bertz CT molecular complexity index is 1570. The minimum Gasteiger partial charge on any atom is -0.756 e. The summed E-state index contributed by atoms with van der Waals surface area (Å²) in [5.74, 6) is -0.202. The van der Waals surface area contributed by atoms with Crippen LogP contribution in [0.15, 0.2) is 109 Å². The number of quaternary nitrogens is 1. The molecular weight excluding hydrogens is 936 g/mol. The quantitative estimate of drug-likeness (QED) is 0.0272. The number of unbranched alkanes of at least 4 members (excludes halogenated alkanes) is 25. The molecule has 1 amide bonds. The number of rotatable bonds is 54. The van der Waals surface area contributed by atoms with Crippen LogP contribution in [-0.4, -0.2) is 68.5 Å². The van der Waals surface area contributed by atoms with Crippen molar-refractivity contribution in [2.45, 2.75) is 257 Å². The zero-order valence-corrected chi connectivity index (χ0v) is 49.4. The van der Waals surface area contributed by atoms with Crippen LogP contribution >= 0.6 is 7.82 Å². The number of aliphatic hydroxyl groups is 1. The summed E-state index contributed by atoms with van der Waals surface area (Å²) in [6.45, 7) is 4.52. The maximum atomic E-state index is 13.0. The van der Waals surface area contributed by atoms with Crippen LogP contribution in [0.5, 0.6) is 0 Å². The predicted molar refractivity (Wildman–Crippen MR) is 320 cm³/mol. The van der Waals surface area contributed by atoms with Crippen LogP contribution in [0.3, 0.4) is 0 Å². The van der Waals surface area contributed by atoms with Crippen molar-refractivity contribution in [1.82, 2.24) is 5.32 Å². The van der Waals surface area contributed by atoms with E-state index < -0.39 is 20.0 Å². The number of allylic oxidation sites excluding steroid dienone is 17. The molecule has 8 nitrogen and oxygen atoms in total. The van der Waals surface area contributed by atoms with Crippen LogP contribution in [0.4, 0.5) is 0 Å². The average Bonchev–Trinajstić information content (AvgIpc) is 3.36. The highest BCUT2D eigenvalue weighted by Gasteiger charge is 2.23. The second-order valence-electron chi connectivity index (χ2n) is 21.3. The second-order valence-corrected chi connectivity index (χ2v) is 22.7. The summed E-state index contributed by atoms with van der Waals surface area (Å²) in [7, 11) is 1.25. The molecule has 0 spiro atoms. The van der Waals surface area contributed by atoms with Gasteiger partial charge in [-0.3, -0.25) is 9.36 Å². The van der Waals surface area contributed by atoms with Crippen LogP contribution in [0.2, 0.25) is 0 Å². The van der Waals surface area contributed by atoms with Crippen molar-refractivity contribution in [2.75, 3.05) is 40.9 Å². The lowest BCUT2D eigenvalue weighted by Crippen LogP contribution is -2.45. The minimum absolute atomic E-state index is 0.00445. The molecule has 0 fully saturated rings. The van der Waals surface area contributed by atoms with E-state index in [0.29, 0.717) is 17.4 Å². The van der Waals surface area contributed by atoms with Gasteiger partial charge in [-0.05, 0) is 83.5 Å². The molecule has 2 N–H and O–H groups in total. The Kier molecular flexibility index (Phi) is 52.8. The molecule has 0 saturated heterocycles. The third-order valence-electron chi connectivity index (χ3n) is 13.0. The third-order valence-corrected chi connectivity index (χ3v) is 14.0. The lowest BCUT2D eigenvalue weighted by Gasteiger charge is -2.29. The van der Waals surface area contributed by atoms with Gasteiger partial charge in [-0.2, -0.15) is 0 Å². The van der Waals surface area contributed by atoms with E-state index in [9.17, 15) is 19.4 Å². The summed E-state index contributed by atoms with van der Waals surface area (Å²) >= 11 is 0. The van der Waals surface area contributed by atoms with Gasteiger partial charge in [-0.1, -0.05) is 264 Å². The largest absolute Gasteiger partial charge is 0.756 e. The van der Waals surface area contributed by atoms with Crippen molar-refractivity contribution in [2.24, 2.45) is 0 Å². The SMILES string of the molecule is CC/C=C\C/C=C\C/C=C\C/C=C\C/C=C\C/C=C\C/C=C\C/C=C\CCCCCCCCCCCCCCCCC(=O)NC(COP(=O)([O-])OCC[N+](C)(C)C)C(O)/C=C/CCCCCCCCCCCCC. The Morgan fingerprint density at radius 3 is 1.20 bits per heavy atom. The molecule has 74 heavy (non-hydrogen) atoms. The highest BCUT2D eigenvalue weighted by atomic mass is 31.2. The average molecular weight is 1050 g/mol. The van der Waals surface area contributed by atoms with E-state index in [4.69, 9.17) is 9.05 Å². The molecular formula is C65H115N2O6P. The number of phosphoric acid groups is 1. The Morgan fingerprint density at radius 1 is 0.486 bits per heavy atom. The summed E-state index contributed by atoms with van der Waals surface area (Å²) in [5, 5.41) is 13.8. The van der Waals surface area contributed by atoms with Crippen molar-refractivity contribution in [1.29, 1.82) is 0 Å². The fraction of sp³-hybridized carbons (Fsp3) is 0.708. The summed E-state index contributed by atoms with van der Waals surface area (Å²) in [6.07, 6.45) is 80.3. The van der Waals surface area contributed by atoms with E-state index in [-0.39, 0.29) is 19.1 Å². The first kappa shape index (κ1) is 71.2. The van der Waals surface area contributed by atoms with Crippen LogP contribution in [0.1, 0.15) is 245 Å². The molecule has 0 aromatic heterocycles. The van der Waals surface area contributed by atoms with Gasteiger partial charge in [0.25, 0.3) is 7.82 Å². The van der Waals surface area contributed by atoms with Crippen LogP contribution in [0.25, 0.3) is 0 Å². The summed E-state index contributed by atoms with van der Waals surface area (Å²) in [4.78, 5) is 25.5. The maximum Gasteiger partial charge on any atom is 0.268 e. The molecule has 0 aliphatic heterocycles. The molecule has 0 aliphatic carbocycles. The number of likely N-dealkylation sites (N-methyl/N-ethyl adjacent to an activating group) is 1. The smallest absolute Gasteiger partial charge is 0.268 e. The Morgan fingerprint density at radius 2 is 0.824 bits per heavy atom. The van der Waals surface area contributed by atoms with Crippen molar-refractivity contribution < 1.29 is 32.9 Å². The number of aliphatic hydroxyl groups excluding tert-OH is 1. The second kappa shape index (κ2) is 54.9. The number of carbonyl (C=O) groups is 1. The molecule has 0 radical (unpaired) electrons. The van der Waals surface area contributed by atoms with Crippen molar-refractivity contribution >= 4 is 13.7 Å². The topological polar surface area (TPSA) is 108 Å². The van der Waals surface area contributed by atoms with Gasteiger partial charge in [-0.25, -0.2) is 0 Å². The molecule has 9 heteroatoms. The number of nitrogens with zero attached hydrogens (tertiary/aromatic N) is 1. The molecule has 0 aromatic rings. The Hall–Kier alpha value is -2.84. The first-order chi connectivity index (χ1) is 36.0. The van der Waals surface area contributed by atoms with Gasteiger partial charge in [0.2, 0.25) is 5.91 Å². The van der Waals surface area contributed by atoms with Gasteiger partial charge in [0, 0.05) is 6.42 Å². The first-order valence-corrected chi connectivity index (χ1v) is 31.7. The number of carbonyl (C=O) groups excluding carboxylic acids is 1. The fourth-order valence-electron chi connectivity index (χ4n) is 8.29. The van der Waals surface area contributed by atoms with E-state index in [0.717, 1.165) is 89.9 Å². The van der Waals surface area contributed by atoms with E-state index in [1.807, 2.05) is 27.2 Å². The van der Waals surface area contributed by atoms with Crippen molar-refractivity contribution in [3.63, 3.8) is 0 Å². The number of amides is 1. The van der Waals surface area contributed by atoms with Gasteiger partial charge in [0.15, 0.2) is 0 Å². The lowest BCUT2D eigenvalue weighted by atomic mass is 10.0. The molecule has 0 aromatic carbocycles. The van der Waals surface area contributed by atoms with Gasteiger partial charge in [-0.15, -0.1) is 0 Å². The summed E-state index contributed by atoms with van der Waals surface area (Å²) in [5.41, 5.74) is 0. The molecule has 0 aliphatic rings. The molecule has 0 rings (SSSR count). The highest BCUT2D eigenvalue weighted by Crippen LogP contribution is 2.38. The van der Waals surface area contributed by atoms with Gasteiger partial charge < -0.3 is 28.8 Å². The van der Waals surface area contributed by atoms with Crippen molar-refractivity contribution in [3.8, 4) is 0 Å². The lowest BCUT2D eigenvalue weighted by molar-refractivity contribution is -0.870. The first-order valence-electron chi connectivity index (χ1n) is 30.2. The fourth-order valence-corrected chi connectivity index (χ4v) is 9.01. The molecule has 0 bridgehead atoms. The number of nitrogens with one attached hydrogen (secondary N) is 1. The van der Waals surface area contributed by atoms with E-state index in [1.165, 1.54) is 135 Å². The third kappa shape index (κ3) is 56.9. The van der Waals surface area contributed by atoms with Gasteiger partial charge in [0.05, 0.1) is 39.9 Å². The Labute approximate surface area is 457 Å². The molecule has 3 unspecified atom stereocenters. The number of hydrogen-bond acceptors (Lipinski definition) is 6. The van der Waals surface area contributed by atoms with E-state index in [1.54, 1.807) is 6.08 Å². The zero-order chi connectivity index (χ0) is 54.2. The molecule has 3 atom stereocenters. The highest BCUT2D eigenvalue weighted by molar-refractivity contribution is 7.45. The summed E-state index contributed by atoms with van der Waals surface area (Å²) < 4.78 is 23.3. The van der Waals surface area contributed by atoms with E-state index in [2.05, 4.69) is 116 Å². The van der Waals surface area contributed by atoms with Crippen LogP contribution < -0.4 is 10.2 Å². The predicted octanol–water partition coefficient (Wildman–Crippen LogP) is 18.1. The molecule has 426 valence electrons. The normalized spacial score (nSPS) is 14.6. The van der Waals surface area contributed by atoms with Crippen molar-refractivity contribution in [3.05, 3.63) is 109 Å². The van der Waals surface area contributed by atoms with E-state index >= 15 is 0 Å². The zero-order valence-electron chi connectivity index (χ0n) is 48.5.